The summed E-state index contributed by atoms with van der Waals surface area (Å²) in [4.78, 5) is 11.3. The van der Waals surface area contributed by atoms with Crippen molar-refractivity contribution in [1.82, 2.24) is 0 Å². The van der Waals surface area contributed by atoms with E-state index in [0.29, 0.717) is 23.8 Å². The molecule has 1 aromatic rings. The molecule has 2 N–H and O–H groups in total. The summed E-state index contributed by atoms with van der Waals surface area (Å²) in [6.07, 6.45) is 0.822. The molecule has 1 aromatic carbocycles. The van der Waals surface area contributed by atoms with Crippen molar-refractivity contribution in [3.8, 4) is 5.75 Å². The van der Waals surface area contributed by atoms with Gasteiger partial charge in [-0.1, -0.05) is 24.4 Å². The van der Waals surface area contributed by atoms with E-state index in [1.54, 1.807) is 0 Å². The Hall–Kier alpha value is -1.62. The van der Waals surface area contributed by atoms with Crippen LogP contribution in [0.15, 0.2) is 24.3 Å². The molecule has 92 valence electrons. The predicted molar refractivity (Wildman–Crippen MR) is 69.1 cm³/mol. The number of thiocarbonyl (C=S) groups is 1. The van der Waals surface area contributed by atoms with E-state index in [4.69, 9.17) is 22.7 Å². The SMILES string of the molecule is COC(=O)CCOc1ccc(CC(N)=S)cc1. The maximum atomic E-state index is 10.8. The van der Waals surface area contributed by atoms with Crippen molar-refractivity contribution in [2.75, 3.05) is 13.7 Å². The van der Waals surface area contributed by atoms with Crippen LogP contribution in [0.3, 0.4) is 0 Å². The van der Waals surface area contributed by atoms with Gasteiger partial charge in [0.25, 0.3) is 0 Å². The molecule has 0 unspecified atom stereocenters. The second-order valence-corrected chi connectivity index (χ2v) is 3.99. The van der Waals surface area contributed by atoms with Crippen molar-refractivity contribution >= 4 is 23.2 Å². The molecule has 0 heterocycles. The highest BCUT2D eigenvalue weighted by molar-refractivity contribution is 7.80. The van der Waals surface area contributed by atoms with E-state index in [0.717, 1.165) is 5.56 Å². The number of hydrogen-bond donors (Lipinski definition) is 1. The number of carbonyl (C=O) groups is 1. The quantitative estimate of drug-likeness (QED) is 0.614. The van der Waals surface area contributed by atoms with Crippen molar-refractivity contribution in [2.24, 2.45) is 5.73 Å². The predicted octanol–water partition coefficient (Wildman–Crippen LogP) is 1.46. The Bertz CT molecular complexity index is 389. The lowest BCUT2D eigenvalue weighted by molar-refractivity contribution is -0.141. The van der Waals surface area contributed by atoms with Gasteiger partial charge in [0, 0.05) is 6.42 Å². The van der Waals surface area contributed by atoms with Crippen LogP contribution >= 0.6 is 12.2 Å². The molecule has 0 aliphatic carbocycles. The molecule has 5 heteroatoms. The second-order valence-electron chi connectivity index (χ2n) is 3.46. The highest BCUT2D eigenvalue weighted by Crippen LogP contribution is 2.12. The minimum atomic E-state index is -0.282. The topological polar surface area (TPSA) is 61.5 Å². The number of ether oxygens (including phenoxy) is 2. The highest BCUT2D eigenvalue weighted by atomic mass is 32.1. The highest BCUT2D eigenvalue weighted by Gasteiger charge is 2.01. The van der Waals surface area contributed by atoms with Crippen LogP contribution in [0.25, 0.3) is 0 Å². The van der Waals surface area contributed by atoms with Gasteiger partial charge in [0.1, 0.15) is 5.75 Å². The van der Waals surface area contributed by atoms with E-state index in [9.17, 15) is 4.79 Å². The van der Waals surface area contributed by atoms with Crippen LogP contribution in [0, 0.1) is 0 Å². The van der Waals surface area contributed by atoms with Crippen molar-refractivity contribution < 1.29 is 14.3 Å². The Morgan fingerprint density at radius 2 is 2.00 bits per heavy atom. The maximum Gasteiger partial charge on any atom is 0.308 e. The van der Waals surface area contributed by atoms with E-state index in [1.165, 1.54) is 7.11 Å². The summed E-state index contributed by atoms with van der Waals surface area (Å²) in [5, 5.41) is 0. The van der Waals surface area contributed by atoms with E-state index in [-0.39, 0.29) is 12.4 Å². The van der Waals surface area contributed by atoms with Gasteiger partial charge in [-0.3, -0.25) is 4.79 Å². The molecule has 1 rings (SSSR count). The van der Waals surface area contributed by atoms with Gasteiger partial charge >= 0.3 is 5.97 Å². The fraction of sp³-hybridized carbons (Fsp3) is 0.333. The molecule has 0 bridgehead atoms. The normalized spacial score (nSPS) is 9.71. The molecule has 17 heavy (non-hydrogen) atoms. The van der Waals surface area contributed by atoms with Crippen LogP contribution in [0.1, 0.15) is 12.0 Å². The summed E-state index contributed by atoms with van der Waals surface area (Å²) >= 11 is 4.82. The summed E-state index contributed by atoms with van der Waals surface area (Å²) < 4.78 is 9.88. The Morgan fingerprint density at radius 3 is 2.53 bits per heavy atom. The maximum absolute atomic E-state index is 10.8. The van der Waals surface area contributed by atoms with Gasteiger partial charge in [0.2, 0.25) is 0 Å². The average Bonchev–Trinajstić information content (AvgIpc) is 2.30. The zero-order valence-corrected chi connectivity index (χ0v) is 10.5. The van der Waals surface area contributed by atoms with E-state index in [1.807, 2.05) is 24.3 Å². The summed E-state index contributed by atoms with van der Waals surface area (Å²) in [5.74, 6) is 0.427. The smallest absolute Gasteiger partial charge is 0.308 e. The number of nitrogens with two attached hydrogens (primary N) is 1. The minimum Gasteiger partial charge on any atom is -0.493 e. The molecule has 0 radical (unpaired) electrons. The number of carbonyl (C=O) groups excluding carboxylic acids is 1. The van der Waals surface area contributed by atoms with Crippen LogP contribution < -0.4 is 10.5 Å². The van der Waals surface area contributed by atoms with Gasteiger partial charge < -0.3 is 15.2 Å². The van der Waals surface area contributed by atoms with E-state index in [2.05, 4.69) is 4.74 Å². The molecule has 0 saturated heterocycles. The van der Waals surface area contributed by atoms with Gasteiger partial charge in [0.15, 0.2) is 0 Å². The third-order valence-electron chi connectivity index (χ3n) is 2.10. The fourth-order valence-corrected chi connectivity index (χ4v) is 1.43. The Morgan fingerprint density at radius 1 is 1.35 bits per heavy atom. The van der Waals surface area contributed by atoms with Crippen LogP contribution in [-0.2, 0) is 16.0 Å². The van der Waals surface area contributed by atoms with Gasteiger partial charge in [-0.15, -0.1) is 0 Å². The largest absolute Gasteiger partial charge is 0.493 e. The standard InChI is InChI=1S/C12H15NO3S/c1-15-12(14)6-7-16-10-4-2-9(3-5-10)8-11(13)17/h2-5H,6-8H2,1H3,(H2,13,17). The monoisotopic (exact) mass is 253 g/mol. The Kier molecular flexibility index (Phi) is 5.42. The third-order valence-corrected chi connectivity index (χ3v) is 2.25. The van der Waals surface area contributed by atoms with Gasteiger partial charge in [-0.05, 0) is 17.7 Å². The number of rotatable bonds is 6. The Labute approximate surface area is 106 Å². The van der Waals surface area contributed by atoms with Crippen molar-refractivity contribution in [2.45, 2.75) is 12.8 Å². The van der Waals surface area contributed by atoms with Crippen molar-refractivity contribution in [3.05, 3.63) is 29.8 Å². The molecular formula is C12H15NO3S. The molecule has 0 amide bonds. The summed E-state index contributed by atoms with van der Waals surface area (Å²) in [7, 11) is 1.35. The first-order valence-electron chi connectivity index (χ1n) is 5.18. The van der Waals surface area contributed by atoms with Gasteiger partial charge in [-0.2, -0.15) is 0 Å². The number of methoxy groups -OCH3 is 1. The van der Waals surface area contributed by atoms with Gasteiger partial charge in [-0.25, -0.2) is 0 Å². The third kappa shape index (κ3) is 5.31. The average molecular weight is 253 g/mol. The van der Waals surface area contributed by atoms with Crippen molar-refractivity contribution in [3.63, 3.8) is 0 Å². The van der Waals surface area contributed by atoms with Crippen molar-refractivity contribution in [1.29, 1.82) is 0 Å². The van der Waals surface area contributed by atoms with Crippen LogP contribution in [0.2, 0.25) is 0 Å². The first kappa shape index (κ1) is 13.4. The zero-order chi connectivity index (χ0) is 12.7. The molecule has 0 aliphatic heterocycles. The van der Waals surface area contributed by atoms with Crippen LogP contribution in [0.4, 0.5) is 0 Å². The van der Waals surface area contributed by atoms with E-state index >= 15 is 0 Å². The van der Waals surface area contributed by atoms with Crippen LogP contribution in [0.5, 0.6) is 5.75 Å². The number of benzene rings is 1. The lowest BCUT2D eigenvalue weighted by atomic mass is 10.1. The molecule has 0 aliphatic rings. The first-order valence-corrected chi connectivity index (χ1v) is 5.59. The number of esters is 1. The lowest BCUT2D eigenvalue weighted by Gasteiger charge is -2.06. The summed E-state index contributed by atoms with van der Waals surface area (Å²) in [6, 6.07) is 7.44. The molecule has 4 nitrogen and oxygen atoms in total. The zero-order valence-electron chi connectivity index (χ0n) is 9.64. The van der Waals surface area contributed by atoms with E-state index < -0.39 is 0 Å². The molecule has 0 atom stereocenters. The molecule has 0 saturated carbocycles. The molecule has 0 spiro atoms. The summed E-state index contributed by atoms with van der Waals surface area (Å²) in [5.41, 5.74) is 6.48. The fourth-order valence-electron chi connectivity index (χ4n) is 1.26. The lowest BCUT2D eigenvalue weighted by Crippen LogP contribution is -2.11. The molecule has 0 aromatic heterocycles. The second kappa shape index (κ2) is 6.85. The minimum absolute atomic E-state index is 0.241. The van der Waals surface area contributed by atoms with Crippen LogP contribution in [-0.4, -0.2) is 24.7 Å². The molecular weight excluding hydrogens is 238 g/mol. The first-order chi connectivity index (χ1) is 8.11. The summed E-state index contributed by atoms with van der Waals surface area (Å²) in [6.45, 7) is 0.307. The molecule has 0 fully saturated rings. The van der Waals surface area contributed by atoms with Gasteiger partial charge in [0.05, 0.1) is 25.1 Å². The number of hydrogen-bond acceptors (Lipinski definition) is 4. The Balaban J connectivity index is 2.40.